The summed E-state index contributed by atoms with van der Waals surface area (Å²) in [5.74, 6) is 0.601. The maximum atomic E-state index is 13.1. The van der Waals surface area contributed by atoms with Crippen LogP contribution in [0.1, 0.15) is 5.56 Å². The summed E-state index contributed by atoms with van der Waals surface area (Å²) in [6.07, 6.45) is 0.592. The van der Waals surface area contributed by atoms with Gasteiger partial charge in [0.05, 0.1) is 19.9 Å². The number of hydrogen-bond acceptors (Lipinski definition) is 5. The molecular formula is C21H20ClFN2O3S. The van der Waals surface area contributed by atoms with Crippen LogP contribution in [0.3, 0.4) is 0 Å². The zero-order chi connectivity index (χ0) is 20.8. The molecule has 0 bridgehead atoms. The van der Waals surface area contributed by atoms with Gasteiger partial charge in [0.1, 0.15) is 11.7 Å². The van der Waals surface area contributed by atoms with Crippen LogP contribution in [0.4, 0.5) is 9.52 Å². The van der Waals surface area contributed by atoms with Crippen molar-refractivity contribution in [3.05, 3.63) is 59.2 Å². The Labute approximate surface area is 177 Å². The molecule has 0 saturated carbocycles. The number of aromatic nitrogens is 1. The lowest BCUT2D eigenvalue weighted by atomic mass is 10.1. The Balaban J connectivity index is 1.79. The van der Waals surface area contributed by atoms with Gasteiger partial charge in [-0.3, -0.25) is 9.69 Å². The largest absolute Gasteiger partial charge is 0.493 e. The molecule has 29 heavy (non-hydrogen) atoms. The molecule has 0 fully saturated rings. The molecule has 0 unspecified atom stereocenters. The van der Waals surface area contributed by atoms with Gasteiger partial charge in [-0.25, -0.2) is 9.37 Å². The zero-order valence-corrected chi connectivity index (χ0v) is 17.6. The normalized spacial score (nSPS) is 10.6. The van der Waals surface area contributed by atoms with Crippen LogP contribution in [0.2, 0.25) is 0 Å². The molecule has 8 heteroatoms. The van der Waals surface area contributed by atoms with E-state index in [0.717, 1.165) is 11.1 Å². The van der Waals surface area contributed by atoms with E-state index in [2.05, 4.69) is 4.98 Å². The van der Waals surface area contributed by atoms with Crippen molar-refractivity contribution in [3.8, 4) is 22.8 Å². The summed E-state index contributed by atoms with van der Waals surface area (Å²) in [5, 5.41) is 2.39. The van der Waals surface area contributed by atoms with E-state index in [1.54, 1.807) is 31.3 Å². The number of nitrogens with zero attached hydrogens (tertiary/aromatic N) is 2. The highest BCUT2D eigenvalue weighted by atomic mass is 35.5. The summed E-state index contributed by atoms with van der Waals surface area (Å²) >= 11 is 7.16. The number of amides is 1. The molecule has 0 radical (unpaired) electrons. The van der Waals surface area contributed by atoms with E-state index in [1.807, 2.05) is 23.6 Å². The topological polar surface area (TPSA) is 51.7 Å². The number of anilines is 1. The first-order valence-electron chi connectivity index (χ1n) is 8.84. The van der Waals surface area contributed by atoms with Gasteiger partial charge in [-0.05, 0) is 48.4 Å². The van der Waals surface area contributed by atoms with E-state index < -0.39 is 0 Å². The predicted molar refractivity (Wildman–Crippen MR) is 114 cm³/mol. The van der Waals surface area contributed by atoms with E-state index in [4.69, 9.17) is 21.1 Å². The second-order valence-electron chi connectivity index (χ2n) is 6.14. The third-order valence-corrected chi connectivity index (χ3v) is 5.44. The Kier molecular flexibility index (Phi) is 7.06. The van der Waals surface area contributed by atoms with Crippen LogP contribution in [-0.4, -0.2) is 37.5 Å². The van der Waals surface area contributed by atoms with E-state index >= 15 is 0 Å². The van der Waals surface area contributed by atoms with E-state index in [1.165, 1.54) is 23.5 Å². The van der Waals surface area contributed by atoms with Gasteiger partial charge in [-0.15, -0.1) is 22.9 Å². The highest BCUT2D eigenvalue weighted by Crippen LogP contribution is 2.30. The molecule has 0 aliphatic rings. The molecule has 1 heterocycles. The van der Waals surface area contributed by atoms with Crippen LogP contribution >= 0.6 is 22.9 Å². The van der Waals surface area contributed by atoms with Gasteiger partial charge in [-0.1, -0.05) is 6.07 Å². The fraction of sp³-hybridized carbons (Fsp3) is 0.238. The number of thiazole rings is 1. The zero-order valence-electron chi connectivity index (χ0n) is 16.0. The molecule has 0 saturated heterocycles. The van der Waals surface area contributed by atoms with Gasteiger partial charge < -0.3 is 9.47 Å². The predicted octanol–water partition coefficient (Wildman–Crippen LogP) is 4.78. The summed E-state index contributed by atoms with van der Waals surface area (Å²) in [7, 11) is 3.16. The van der Waals surface area contributed by atoms with Gasteiger partial charge in [-0.2, -0.15) is 0 Å². The Morgan fingerprint density at radius 3 is 2.52 bits per heavy atom. The highest BCUT2D eigenvalue weighted by molar-refractivity contribution is 7.14. The SMILES string of the molecule is COc1ccc(CCN(C(=O)CCl)c2nc(-c3ccc(F)cc3)cs2)cc1OC. The maximum absolute atomic E-state index is 13.1. The minimum absolute atomic E-state index is 0.141. The van der Waals surface area contributed by atoms with Crippen molar-refractivity contribution >= 4 is 34.0 Å². The number of benzene rings is 2. The van der Waals surface area contributed by atoms with Gasteiger partial charge in [0.2, 0.25) is 5.91 Å². The molecule has 0 aliphatic carbocycles. The van der Waals surface area contributed by atoms with Crippen molar-refractivity contribution in [2.24, 2.45) is 0 Å². The lowest BCUT2D eigenvalue weighted by molar-refractivity contribution is -0.116. The number of halogens is 2. The molecule has 1 aromatic heterocycles. The second-order valence-corrected chi connectivity index (χ2v) is 7.24. The Bertz CT molecular complexity index is 978. The molecule has 3 aromatic rings. The third-order valence-electron chi connectivity index (χ3n) is 4.35. The smallest absolute Gasteiger partial charge is 0.243 e. The van der Waals surface area contributed by atoms with Gasteiger partial charge in [0.15, 0.2) is 16.6 Å². The number of alkyl halides is 1. The van der Waals surface area contributed by atoms with Gasteiger partial charge in [0, 0.05) is 17.5 Å². The average molecular weight is 435 g/mol. The minimum atomic E-state index is -0.307. The standard InChI is InChI=1S/C21H20ClFN2O3S/c1-27-18-8-3-14(11-19(18)28-2)9-10-25(20(26)12-22)21-24-17(13-29-21)15-4-6-16(23)7-5-15/h3-8,11,13H,9-10,12H2,1-2H3. The minimum Gasteiger partial charge on any atom is -0.493 e. The van der Waals surface area contributed by atoms with E-state index in [0.29, 0.717) is 35.3 Å². The van der Waals surface area contributed by atoms with Crippen LogP contribution in [0, 0.1) is 5.82 Å². The Hall–Kier alpha value is -2.64. The number of rotatable bonds is 8. The van der Waals surface area contributed by atoms with Crippen LogP contribution < -0.4 is 14.4 Å². The van der Waals surface area contributed by atoms with Crippen molar-refractivity contribution in [1.82, 2.24) is 4.98 Å². The Morgan fingerprint density at radius 1 is 1.14 bits per heavy atom. The number of carbonyl (C=O) groups excluding carboxylic acids is 1. The molecule has 3 rings (SSSR count). The van der Waals surface area contributed by atoms with E-state index in [9.17, 15) is 9.18 Å². The highest BCUT2D eigenvalue weighted by Gasteiger charge is 2.19. The first-order valence-corrected chi connectivity index (χ1v) is 10.3. The number of hydrogen-bond donors (Lipinski definition) is 0. The van der Waals surface area contributed by atoms with Crippen LogP contribution in [0.15, 0.2) is 47.8 Å². The monoisotopic (exact) mass is 434 g/mol. The van der Waals surface area contributed by atoms with Crippen molar-refractivity contribution < 1.29 is 18.7 Å². The number of ether oxygens (including phenoxy) is 2. The summed E-state index contributed by atoms with van der Waals surface area (Å²) in [6.45, 7) is 0.414. The fourth-order valence-corrected chi connectivity index (χ4v) is 3.84. The molecule has 2 aromatic carbocycles. The van der Waals surface area contributed by atoms with Crippen molar-refractivity contribution in [2.45, 2.75) is 6.42 Å². The van der Waals surface area contributed by atoms with Crippen molar-refractivity contribution in [3.63, 3.8) is 0 Å². The van der Waals surface area contributed by atoms with Crippen LogP contribution in [0.5, 0.6) is 11.5 Å². The summed E-state index contributed by atoms with van der Waals surface area (Å²) in [4.78, 5) is 18.5. The van der Waals surface area contributed by atoms with Gasteiger partial charge in [0.25, 0.3) is 0 Å². The molecule has 1 amide bonds. The van der Waals surface area contributed by atoms with Gasteiger partial charge >= 0.3 is 0 Å². The second kappa shape index (κ2) is 9.71. The van der Waals surface area contributed by atoms with Crippen LogP contribution in [-0.2, 0) is 11.2 Å². The van der Waals surface area contributed by atoms with Crippen molar-refractivity contribution in [2.75, 3.05) is 31.5 Å². The quantitative estimate of drug-likeness (QED) is 0.479. The average Bonchev–Trinajstić information content (AvgIpc) is 3.23. The van der Waals surface area contributed by atoms with E-state index in [-0.39, 0.29) is 17.6 Å². The molecule has 0 atom stereocenters. The Morgan fingerprint density at radius 2 is 1.86 bits per heavy atom. The number of methoxy groups -OCH3 is 2. The molecule has 0 N–H and O–H groups in total. The molecular weight excluding hydrogens is 415 g/mol. The molecule has 152 valence electrons. The lowest BCUT2D eigenvalue weighted by Gasteiger charge is -2.19. The maximum Gasteiger partial charge on any atom is 0.243 e. The fourth-order valence-electron chi connectivity index (χ4n) is 2.82. The van der Waals surface area contributed by atoms with Crippen LogP contribution in [0.25, 0.3) is 11.3 Å². The molecule has 0 spiro atoms. The summed E-state index contributed by atoms with van der Waals surface area (Å²) in [5.41, 5.74) is 2.46. The molecule has 5 nitrogen and oxygen atoms in total. The lowest BCUT2D eigenvalue weighted by Crippen LogP contribution is -2.33. The first kappa shape index (κ1) is 21.1. The summed E-state index contributed by atoms with van der Waals surface area (Å²) < 4.78 is 23.7. The first-order chi connectivity index (χ1) is 14.0. The van der Waals surface area contributed by atoms with Crippen molar-refractivity contribution in [1.29, 1.82) is 0 Å². The summed E-state index contributed by atoms with van der Waals surface area (Å²) in [6, 6.07) is 11.7. The number of carbonyl (C=O) groups is 1. The molecule has 0 aliphatic heterocycles. The third kappa shape index (κ3) is 5.05.